The number of pyridine rings is 1. The van der Waals surface area contributed by atoms with Gasteiger partial charge < -0.3 is 15.3 Å². The minimum atomic E-state index is -3.98. The lowest BCUT2D eigenvalue weighted by Crippen LogP contribution is -2.42. The third-order valence-electron chi connectivity index (χ3n) is 5.08. The Balaban J connectivity index is 1.45. The summed E-state index contributed by atoms with van der Waals surface area (Å²) in [6.45, 7) is 1.24. The Hall–Kier alpha value is -3.43. The molecule has 0 saturated heterocycles. The van der Waals surface area contributed by atoms with Gasteiger partial charge in [0.2, 0.25) is 10.0 Å². The molecule has 1 atom stereocenters. The molecule has 1 aliphatic rings. The van der Waals surface area contributed by atoms with E-state index in [1.54, 1.807) is 48.8 Å². The zero-order valence-electron chi connectivity index (χ0n) is 16.6. The number of fused-ring (bicyclic) bond motifs is 1. The Morgan fingerprint density at radius 1 is 1.10 bits per heavy atom. The summed E-state index contributed by atoms with van der Waals surface area (Å²) in [5, 5.41) is 12.7. The van der Waals surface area contributed by atoms with Crippen molar-refractivity contribution in [2.24, 2.45) is 0 Å². The van der Waals surface area contributed by atoms with Crippen molar-refractivity contribution in [3.8, 4) is 0 Å². The second kappa shape index (κ2) is 8.75. The highest BCUT2D eigenvalue weighted by Crippen LogP contribution is 2.30. The number of hydrogen-bond donors (Lipinski definition) is 3. The normalized spacial score (nSPS) is 14.0. The van der Waals surface area contributed by atoms with Crippen molar-refractivity contribution < 1.29 is 18.3 Å². The van der Waals surface area contributed by atoms with Crippen LogP contribution in [0, 0.1) is 0 Å². The molecular formula is C22H22N4O4S. The van der Waals surface area contributed by atoms with E-state index in [4.69, 9.17) is 0 Å². The van der Waals surface area contributed by atoms with E-state index in [1.165, 1.54) is 12.1 Å². The van der Waals surface area contributed by atoms with Crippen molar-refractivity contribution >= 4 is 27.4 Å². The summed E-state index contributed by atoms with van der Waals surface area (Å²) < 4.78 is 27.8. The van der Waals surface area contributed by atoms with Gasteiger partial charge >= 0.3 is 5.97 Å². The van der Waals surface area contributed by atoms with Crippen molar-refractivity contribution in [2.75, 3.05) is 16.9 Å². The van der Waals surface area contributed by atoms with Crippen LogP contribution in [0.3, 0.4) is 0 Å². The first-order valence-corrected chi connectivity index (χ1v) is 11.2. The number of sulfonamides is 1. The maximum Gasteiger partial charge on any atom is 0.322 e. The zero-order chi connectivity index (χ0) is 21.8. The van der Waals surface area contributed by atoms with Gasteiger partial charge in [-0.05, 0) is 35.7 Å². The summed E-state index contributed by atoms with van der Waals surface area (Å²) >= 11 is 0. The van der Waals surface area contributed by atoms with Crippen LogP contribution in [0.4, 0.5) is 11.4 Å². The second-order valence-corrected chi connectivity index (χ2v) is 8.99. The van der Waals surface area contributed by atoms with Crippen LogP contribution in [-0.2, 0) is 27.8 Å². The van der Waals surface area contributed by atoms with Crippen LogP contribution in [0.2, 0.25) is 0 Å². The largest absolute Gasteiger partial charge is 0.480 e. The van der Waals surface area contributed by atoms with Crippen molar-refractivity contribution in [1.82, 2.24) is 9.71 Å². The van der Waals surface area contributed by atoms with Crippen molar-refractivity contribution in [3.05, 3.63) is 84.2 Å². The van der Waals surface area contributed by atoms with Gasteiger partial charge in [0.05, 0.1) is 29.1 Å². The van der Waals surface area contributed by atoms with E-state index >= 15 is 0 Å². The molecule has 8 nitrogen and oxygen atoms in total. The molecule has 0 amide bonds. The van der Waals surface area contributed by atoms with E-state index in [1.807, 2.05) is 12.1 Å². The summed E-state index contributed by atoms with van der Waals surface area (Å²) in [7, 11) is -3.98. The molecule has 3 aromatic rings. The highest BCUT2D eigenvalue weighted by Gasteiger charge is 2.26. The quantitative estimate of drug-likeness (QED) is 0.495. The van der Waals surface area contributed by atoms with Crippen LogP contribution in [-0.4, -0.2) is 37.2 Å². The number of anilines is 2. The number of aromatic nitrogens is 1. The van der Waals surface area contributed by atoms with Crippen molar-refractivity contribution in [3.63, 3.8) is 0 Å². The molecular weight excluding hydrogens is 416 g/mol. The molecule has 1 aliphatic heterocycles. The lowest BCUT2D eigenvalue weighted by atomic mass is 10.1. The van der Waals surface area contributed by atoms with Gasteiger partial charge in [0.25, 0.3) is 0 Å². The Morgan fingerprint density at radius 2 is 1.84 bits per heavy atom. The minimum Gasteiger partial charge on any atom is -0.480 e. The fourth-order valence-electron chi connectivity index (χ4n) is 3.48. The average Bonchev–Trinajstić information content (AvgIpc) is 3.17. The average molecular weight is 439 g/mol. The van der Waals surface area contributed by atoms with E-state index in [2.05, 4.69) is 19.9 Å². The predicted molar refractivity (Wildman–Crippen MR) is 117 cm³/mol. The summed E-state index contributed by atoms with van der Waals surface area (Å²) in [5.41, 5.74) is 3.68. The van der Waals surface area contributed by atoms with Crippen LogP contribution >= 0.6 is 0 Å². The molecule has 1 aromatic heterocycles. The number of nitrogens with zero attached hydrogens (tertiary/aromatic N) is 2. The van der Waals surface area contributed by atoms with Crippen molar-refractivity contribution in [2.45, 2.75) is 23.9 Å². The number of nitrogens with one attached hydrogen (secondary N) is 2. The van der Waals surface area contributed by atoms with Crippen LogP contribution in [0.5, 0.6) is 0 Å². The first-order valence-electron chi connectivity index (χ1n) is 9.73. The first kappa shape index (κ1) is 20.8. The van der Waals surface area contributed by atoms with Crippen LogP contribution in [0.15, 0.2) is 78.0 Å². The van der Waals surface area contributed by atoms with Gasteiger partial charge in [0.15, 0.2) is 0 Å². The number of carboxylic acids is 1. The standard InChI is InChI=1S/C22H22N4O4S/c27-22(28)19(12-16-4-2-1-3-5-16)25-31(29,30)18-8-6-17(7-9-18)14-26-15-24-20-13-23-11-10-21(20)26/h1-11,13,19,24-25H,12,14-15H2,(H,27,28)/t19-/m0/s1. The van der Waals surface area contributed by atoms with Gasteiger partial charge in [0.1, 0.15) is 6.04 Å². The topological polar surface area (TPSA) is 112 Å². The third-order valence-corrected chi connectivity index (χ3v) is 6.57. The number of aliphatic carboxylic acids is 1. The molecule has 0 saturated carbocycles. The second-order valence-electron chi connectivity index (χ2n) is 7.27. The molecule has 0 fully saturated rings. The summed E-state index contributed by atoms with van der Waals surface area (Å²) in [4.78, 5) is 17.9. The number of hydrogen-bond acceptors (Lipinski definition) is 6. The minimum absolute atomic E-state index is 0.0275. The van der Waals surface area contributed by atoms with Gasteiger partial charge in [-0.15, -0.1) is 0 Å². The first-order chi connectivity index (χ1) is 14.9. The lowest BCUT2D eigenvalue weighted by molar-refractivity contribution is -0.138. The molecule has 2 heterocycles. The molecule has 4 rings (SSSR count). The van der Waals surface area contributed by atoms with E-state index in [-0.39, 0.29) is 11.3 Å². The number of benzene rings is 2. The number of rotatable bonds is 8. The smallest absolute Gasteiger partial charge is 0.322 e. The maximum absolute atomic E-state index is 12.8. The Labute approximate surface area is 180 Å². The van der Waals surface area contributed by atoms with Gasteiger partial charge in [-0.3, -0.25) is 9.78 Å². The molecule has 0 aliphatic carbocycles. The van der Waals surface area contributed by atoms with Gasteiger partial charge in [0, 0.05) is 12.7 Å². The van der Waals surface area contributed by atoms with Gasteiger partial charge in [-0.2, -0.15) is 4.72 Å². The van der Waals surface area contributed by atoms with Crippen LogP contribution < -0.4 is 14.9 Å². The molecule has 2 aromatic carbocycles. The van der Waals surface area contributed by atoms with E-state index < -0.39 is 22.0 Å². The molecule has 0 radical (unpaired) electrons. The fraction of sp³-hybridized carbons (Fsp3) is 0.182. The maximum atomic E-state index is 12.8. The zero-order valence-corrected chi connectivity index (χ0v) is 17.4. The predicted octanol–water partition coefficient (Wildman–Crippen LogP) is 2.45. The Morgan fingerprint density at radius 3 is 2.55 bits per heavy atom. The highest BCUT2D eigenvalue weighted by atomic mass is 32.2. The van der Waals surface area contributed by atoms with E-state index in [0.29, 0.717) is 13.2 Å². The Bertz CT molecular complexity index is 1170. The monoisotopic (exact) mass is 438 g/mol. The summed E-state index contributed by atoms with van der Waals surface area (Å²) in [6, 6.07) is 16.1. The molecule has 160 valence electrons. The molecule has 9 heteroatoms. The highest BCUT2D eigenvalue weighted by molar-refractivity contribution is 7.89. The molecule has 31 heavy (non-hydrogen) atoms. The fourth-order valence-corrected chi connectivity index (χ4v) is 4.67. The third kappa shape index (κ3) is 4.84. The molecule has 0 spiro atoms. The van der Waals surface area contributed by atoms with Crippen molar-refractivity contribution in [1.29, 1.82) is 0 Å². The summed E-state index contributed by atoms with van der Waals surface area (Å²) in [5.74, 6) is -1.22. The molecule has 3 N–H and O–H groups in total. The number of carboxylic acid groups (broad SMARTS) is 1. The number of carbonyl (C=O) groups is 1. The lowest BCUT2D eigenvalue weighted by Gasteiger charge is -2.18. The van der Waals surface area contributed by atoms with Gasteiger partial charge in [-0.1, -0.05) is 42.5 Å². The van der Waals surface area contributed by atoms with Gasteiger partial charge in [-0.25, -0.2) is 8.42 Å². The van der Waals surface area contributed by atoms with E-state index in [9.17, 15) is 18.3 Å². The van der Waals surface area contributed by atoms with E-state index in [0.717, 1.165) is 22.5 Å². The van der Waals surface area contributed by atoms with Crippen LogP contribution in [0.25, 0.3) is 0 Å². The molecule has 0 bridgehead atoms. The summed E-state index contributed by atoms with van der Waals surface area (Å²) in [6.07, 6.45) is 3.56. The molecule has 0 unspecified atom stereocenters. The SMILES string of the molecule is O=C(O)[C@H](Cc1ccccc1)NS(=O)(=O)c1ccc(CN2CNc3cnccc32)cc1. The van der Waals surface area contributed by atoms with Crippen LogP contribution in [0.1, 0.15) is 11.1 Å². The Kier molecular flexibility index (Phi) is 5.88.